The van der Waals surface area contributed by atoms with E-state index >= 15 is 0 Å². The Morgan fingerprint density at radius 1 is 1.30 bits per heavy atom. The van der Waals surface area contributed by atoms with Gasteiger partial charge in [0, 0.05) is 32.1 Å². The molecule has 5 nitrogen and oxygen atoms in total. The van der Waals surface area contributed by atoms with Crippen LogP contribution in [0.1, 0.15) is 38.9 Å². The summed E-state index contributed by atoms with van der Waals surface area (Å²) in [4.78, 5) is 11.4. The van der Waals surface area contributed by atoms with Crippen LogP contribution in [-0.4, -0.2) is 47.7 Å². The van der Waals surface area contributed by atoms with E-state index in [2.05, 4.69) is 41.1 Å². The molecule has 2 heterocycles. The lowest BCUT2D eigenvalue weighted by atomic mass is 10.1. The van der Waals surface area contributed by atoms with Gasteiger partial charge in [-0.15, -0.1) is 0 Å². The number of nitrogens with zero attached hydrogens (tertiary/aromatic N) is 3. The van der Waals surface area contributed by atoms with Gasteiger partial charge >= 0.3 is 0 Å². The third-order valence-electron chi connectivity index (χ3n) is 3.53. The zero-order valence-electron chi connectivity index (χ0n) is 12.9. The van der Waals surface area contributed by atoms with Gasteiger partial charge < -0.3 is 15.0 Å². The van der Waals surface area contributed by atoms with Crippen molar-refractivity contribution in [2.45, 2.75) is 45.6 Å². The van der Waals surface area contributed by atoms with Crippen molar-refractivity contribution in [3.05, 3.63) is 11.9 Å². The predicted octanol–water partition coefficient (Wildman–Crippen LogP) is 2.33. The molecule has 0 radical (unpaired) electrons. The molecule has 0 aromatic carbocycles. The number of anilines is 1. The van der Waals surface area contributed by atoms with Crippen LogP contribution in [0.5, 0.6) is 5.88 Å². The summed E-state index contributed by atoms with van der Waals surface area (Å²) in [5, 5.41) is 3.25. The first-order valence-electron chi connectivity index (χ1n) is 7.68. The lowest BCUT2D eigenvalue weighted by Gasteiger charge is -2.29. The van der Waals surface area contributed by atoms with Crippen LogP contribution in [0.25, 0.3) is 0 Å². The van der Waals surface area contributed by atoms with Crippen molar-refractivity contribution < 1.29 is 4.74 Å². The standard InChI is InChI=1S/C15H26N4O/c1-4-6-13-17-14(16-5-2)11-15(18-13)20-12-7-9-19(3)10-8-12/h11-12H,4-10H2,1-3H3,(H,16,17,18). The molecule has 1 aromatic heterocycles. The molecule has 2 rings (SSSR count). The van der Waals surface area contributed by atoms with Crippen molar-refractivity contribution in [3.8, 4) is 5.88 Å². The van der Waals surface area contributed by atoms with Crippen LogP contribution >= 0.6 is 0 Å². The summed E-state index contributed by atoms with van der Waals surface area (Å²) >= 11 is 0. The molecule has 1 aliphatic heterocycles. The van der Waals surface area contributed by atoms with Gasteiger partial charge in [0.25, 0.3) is 0 Å². The molecule has 1 aliphatic rings. The first-order chi connectivity index (χ1) is 9.71. The summed E-state index contributed by atoms with van der Waals surface area (Å²) in [5.41, 5.74) is 0. The van der Waals surface area contributed by atoms with E-state index in [1.807, 2.05) is 6.07 Å². The van der Waals surface area contributed by atoms with Crippen LogP contribution in [0.4, 0.5) is 5.82 Å². The maximum atomic E-state index is 6.06. The molecule has 1 N–H and O–H groups in total. The Labute approximate surface area is 121 Å². The van der Waals surface area contributed by atoms with E-state index in [0.29, 0.717) is 5.88 Å². The van der Waals surface area contributed by atoms with E-state index in [-0.39, 0.29) is 6.10 Å². The number of rotatable bonds is 6. The van der Waals surface area contributed by atoms with Gasteiger partial charge in [-0.2, -0.15) is 4.98 Å². The Kier molecular flexibility index (Phi) is 5.59. The fraction of sp³-hybridized carbons (Fsp3) is 0.733. The minimum absolute atomic E-state index is 0.282. The molecule has 0 aliphatic carbocycles. The Hall–Kier alpha value is -1.36. The lowest BCUT2D eigenvalue weighted by Crippen LogP contribution is -2.35. The van der Waals surface area contributed by atoms with Gasteiger partial charge in [0.15, 0.2) is 0 Å². The molecule has 112 valence electrons. The van der Waals surface area contributed by atoms with Gasteiger partial charge in [0.05, 0.1) is 0 Å². The second-order valence-electron chi connectivity index (χ2n) is 5.41. The minimum Gasteiger partial charge on any atom is -0.474 e. The van der Waals surface area contributed by atoms with Gasteiger partial charge in [-0.25, -0.2) is 4.98 Å². The van der Waals surface area contributed by atoms with E-state index in [9.17, 15) is 0 Å². The van der Waals surface area contributed by atoms with Gasteiger partial charge in [-0.1, -0.05) is 6.92 Å². The zero-order chi connectivity index (χ0) is 14.4. The van der Waals surface area contributed by atoms with E-state index < -0.39 is 0 Å². The first kappa shape index (κ1) is 15.0. The molecule has 5 heteroatoms. The quantitative estimate of drug-likeness (QED) is 0.865. The molecule has 0 bridgehead atoms. The largest absolute Gasteiger partial charge is 0.474 e. The highest BCUT2D eigenvalue weighted by molar-refractivity contribution is 5.38. The highest BCUT2D eigenvalue weighted by Gasteiger charge is 2.19. The average Bonchev–Trinajstić information content (AvgIpc) is 2.42. The van der Waals surface area contributed by atoms with Gasteiger partial charge in [-0.05, 0) is 33.2 Å². The minimum atomic E-state index is 0.282. The molecule has 0 spiro atoms. The van der Waals surface area contributed by atoms with Crippen LogP contribution in [0.3, 0.4) is 0 Å². The van der Waals surface area contributed by atoms with Crippen molar-refractivity contribution >= 4 is 5.82 Å². The van der Waals surface area contributed by atoms with Gasteiger partial charge in [0.1, 0.15) is 17.7 Å². The fourth-order valence-electron chi connectivity index (χ4n) is 2.41. The fourth-order valence-corrected chi connectivity index (χ4v) is 2.41. The number of nitrogens with one attached hydrogen (secondary N) is 1. The molecule has 1 fully saturated rings. The zero-order valence-corrected chi connectivity index (χ0v) is 12.9. The van der Waals surface area contributed by atoms with Gasteiger partial charge in [0.2, 0.25) is 5.88 Å². The lowest BCUT2D eigenvalue weighted by molar-refractivity contribution is 0.109. The van der Waals surface area contributed by atoms with E-state index in [1.165, 1.54) is 0 Å². The average molecular weight is 278 g/mol. The second kappa shape index (κ2) is 7.43. The Bertz CT molecular complexity index is 392. The Balaban J connectivity index is 2.05. The summed E-state index contributed by atoms with van der Waals surface area (Å²) in [6, 6.07) is 1.92. The van der Waals surface area contributed by atoms with Crippen molar-refractivity contribution in [2.24, 2.45) is 0 Å². The highest BCUT2D eigenvalue weighted by atomic mass is 16.5. The number of aryl methyl sites for hydroxylation is 1. The molecule has 0 atom stereocenters. The van der Waals surface area contributed by atoms with Gasteiger partial charge in [-0.3, -0.25) is 0 Å². The number of hydrogen-bond donors (Lipinski definition) is 1. The molecular formula is C15H26N4O. The molecule has 1 aromatic rings. The summed E-state index contributed by atoms with van der Waals surface area (Å²) in [6.45, 7) is 7.26. The number of piperidine rings is 1. The summed E-state index contributed by atoms with van der Waals surface area (Å²) < 4.78 is 6.06. The van der Waals surface area contributed by atoms with Crippen LogP contribution in [0, 0.1) is 0 Å². The van der Waals surface area contributed by atoms with E-state index in [4.69, 9.17) is 4.74 Å². The Morgan fingerprint density at radius 2 is 2.05 bits per heavy atom. The summed E-state index contributed by atoms with van der Waals surface area (Å²) in [7, 11) is 2.16. The van der Waals surface area contributed by atoms with Crippen molar-refractivity contribution in [2.75, 3.05) is 32.0 Å². The maximum absolute atomic E-state index is 6.06. The number of hydrogen-bond acceptors (Lipinski definition) is 5. The van der Waals surface area contributed by atoms with Crippen molar-refractivity contribution in [3.63, 3.8) is 0 Å². The first-order valence-corrected chi connectivity index (χ1v) is 7.68. The monoisotopic (exact) mass is 278 g/mol. The highest BCUT2D eigenvalue weighted by Crippen LogP contribution is 2.19. The number of likely N-dealkylation sites (tertiary alicyclic amines) is 1. The second-order valence-corrected chi connectivity index (χ2v) is 5.41. The third kappa shape index (κ3) is 4.34. The van der Waals surface area contributed by atoms with E-state index in [0.717, 1.165) is 57.0 Å². The molecule has 0 saturated carbocycles. The van der Waals surface area contributed by atoms with Crippen LogP contribution < -0.4 is 10.1 Å². The van der Waals surface area contributed by atoms with Crippen LogP contribution in [-0.2, 0) is 6.42 Å². The summed E-state index contributed by atoms with van der Waals surface area (Å²) in [6.07, 6.45) is 4.36. The molecule has 0 amide bonds. The number of ether oxygens (including phenoxy) is 1. The molecular weight excluding hydrogens is 252 g/mol. The van der Waals surface area contributed by atoms with Crippen LogP contribution in [0.15, 0.2) is 6.07 Å². The SMILES string of the molecule is CCCc1nc(NCC)cc(OC2CCN(C)CC2)n1. The number of aromatic nitrogens is 2. The predicted molar refractivity (Wildman–Crippen MR) is 81.3 cm³/mol. The van der Waals surface area contributed by atoms with E-state index in [1.54, 1.807) is 0 Å². The van der Waals surface area contributed by atoms with Crippen molar-refractivity contribution in [1.82, 2.24) is 14.9 Å². The third-order valence-corrected chi connectivity index (χ3v) is 3.53. The Morgan fingerprint density at radius 3 is 2.70 bits per heavy atom. The normalized spacial score (nSPS) is 17.1. The molecule has 1 saturated heterocycles. The topological polar surface area (TPSA) is 50.3 Å². The molecule has 20 heavy (non-hydrogen) atoms. The van der Waals surface area contributed by atoms with Crippen molar-refractivity contribution in [1.29, 1.82) is 0 Å². The van der Waals surface area contributed by atoms with Crippen LogP contribution in [0.2, 0.25) is 0 Å². The maximum Gasteiger partial charge on any atom is 0.219 e. The summed E-state index contributed by atoms with van der Waals surface area (Å²) in [5.74, 6) is 2.46. The smallest absolute Gasteiger partial charge is 0.219 e. The molecule has 0 unspecified atom stereocenters.